The van der Waals surface area contributed by atoms with Crippen LogP contribution in [0.25, 0.3) is 0 Å². The van der Waals surface area contributed by atoms with Crippen LogP contribution in [0.1, 0.15) is 33.3 Å². The molecule has 4 heteroatoms. The van der Waals surface area contributed by atoms with E-state index in [0.717, 1.165) is 18.8 Å². The molecule has 0 unspecified atom stereocenters. The number of quaternary nitrogens is 1. The maximum atomic E-state index is 11.6. The van der Waals surface area contributed by atoms with E-state index in [1.807, 2.05) is 45.0 Å². The third-order valence-electron chi connectivity index (χ3n) is 2.48. The summed E-state index contributed by atoms with van der Waals surface area (Å²) in [5, 5.41) is 5.09. The fourth-order valence-electron chi connectivity index (χ4n) is 1.64. The van der Waals surface area contributed by atoms with E-state index in [-0.39, 0.29) is 18.1 Å². The van der Waals surface area contributed by atoms with Crippen LogP contribution in [0.4, 0.5) is 0 Å². The lowest BCUT2D eigenvalue weighted by atomic mass is 10.1. The molecule has 0 atom stereocenters. The summed E-state index contributed by atoms with van der Waals surface area (Å²) in [5.41, 5.74) is 1.04. The minimum atomic E-state index is -0.222. The summed E-state index contributed by atoms with van der Waals surface area (Å²) in [7, 11) is 0. The number of hydrogen-bond donors (Lipinski definition) is 2. The topological polar surface area (TPSA) is 54.9 Å². The third-order valence-corrected chi connectivity index (χ3v) is 2.48. The van der Waals surface area contributed by atoms with Crippen molar-refractivity contribution >= 4 is 5.91 Å². The van der Waals surface area contributed by atoms with Crippen molar-refractivity contribution < 1.29 is 14.8 Å². The van der Waals surface area contributed by atoms with Crippen LogP contribution in [0.5, 0.6) is 5.75 Å². The van der Waals surface area contributed by atoms with Crippen LogP contribution < -0.4 is 15.4 Å². The van der Waals surface area contributed by atoms with Crippen molar-refractivity contribution in [2.75, 3.05) is 13.2 Å². The second kappa shape index (κ2) is 7.14. The number of nitrogens with two attached hydrogens (primary N) is 1. The summed E-state index contributed by atoms with van der Waals surface area (Å²) in [4.78, 5) is 11.6. The van der Waals surface area contributed by atoms with E-state index in [0.29, 0.717) is 0 Å². The van der Waals surface area contributed by atoms with Gasteiger partial charge < -0.3 is 15.4 Å². The summed E-state index contributed by atoms with van der Waals surface area (Å²) < 4.78 is 5.45. The van der Waals surface area contributed by atoms with Crippen LogP contribution in [0.3, 0.4) is 0 Å². The van der Waals surface area contributed by atoms with Gasteiger partial charge in [-0.15, -0.1) is 0 Å². The molecular weight excluding hydrogens is 240 g/mol. The molecule has 0 heterocycles. The van der Waals surface area contributed by atoms with Gasteiger partial charge in [0.2, 0.25) is 0 Å². The lowest BCUT2D eigenvalue weighted by molar-refractivity contribution is -0.667. The molecular formula is C15H25N2O2+. The highest BCUT2D eigenvalue weighted by Crippen LogP contribution is 2.11. The van der Waals surface area contributed by atoms with E-state index in [9.17, 15) is 4.79 Å². The first-order valence-electron chi connectivity index (χ1n) is 6.75. The highest BCUT2D eigenvalue weighted by Gasteiger charge is 2.13. The summed E-state index contributed by atoms with van der Waals surface area (Å²) in [6.45, 7) is 10.1. The maximum absolute atomic E-state index is 11.6. The molecule has 4 nitrogen and oxygen atoms in total. The average Bonchev–Trinajstić information content (AvgIpc) is 2.33. The van der Waals surface area contributed by atoms with Crippen LogP contribution in [-0.2, 0) is 11.3 Å². The normalized spacial score (nSPS) is 11.2. The first-order valence-corrected chi connectivity index (χ1v) is 6.75. The van der Waals surface area contributed by atoms with Gasteiger partial charge in [0.05, 0.1) is 6.54 Å². The quantitative estimate of drug-likeness (QED) is 0.808. The van der Waals surface area contributed by atoms with Crippen LogP contribution in [-0.4, -0.2) is 24.6 Å². The molecule has 0 radical (unpaired) electrons. The second-order valence-corrected chi connectivity index (χ2v) is 5.63. The number of ether oxygens (including phenoxy) is 1. The molecule has 1 rings (SSSR count). The van der Waals surface area contributed by atoms with Crippen LogP contribution in [0, 0.1) is 0 Å². The molecule has 0 aliphatic rings. The molecule has 0 bridgehead atoms. The van der Waals surface area contributed by atoms with Gasteiger partial charge in [0.25, 0.3) is 5.91 Å². The van der Waals surface area contributed by atoms with Gasteiger partial charge in [-0.1, -0.05) is 0 Å². The zero-order valence-corrected chi connectivity index (χ0v) is 12.3. The predicted molar refractivity (Wildman–Crippen MR) is 76.0 cm³/mol. The number of hydrogen-bond acceptors (Lipinski definition) is 2. The monoisotopic (exact) mass is 265 g/mol. The molecule has 1 amide bonds. The largest absolute Gasteiger partial charge is 0.484 e. The molecule has 0 saturated carbocycles. The van der Waals surface area contributed by atoms with Crippen molar-refractivity contribution in [3.8, 4) is 5.75 Å². The van der Waals surface area contributed by atoms with Gasteiger partial charge in [-0.25, -0.2) is 0 Å². The minimum Gasteiger partial charge on any atom is -0.484 e. The number of rotatable bonds is 6. The average molecular weight is 265 g/mol. The third kappa shape index (κ3) is 6.82. The van der Waals surface area contributed by atoms with E-state index >= 15 is 0 Å². The van der Waals surface area contributed by atoms with Gasteiger partial charge in [0, 0.05) is 11.1 Å². The summed E-state index contributed by atoms with van der Waals surface area (Å²) in [6, 6.07) is 7.87. The highest BCUT2D eigenvalue weighted by atomic mass is 16.5. The maximum Gasteiger partial charge on any atom is 0.258 e. The van der Waals surface area contributed by atoms with Gasteiger partial charge in [-0.3, -0.25) is 4.79 Å². The van der Waals surface area contributed by atoms with Crippen molar-refractivity contribution in [3.05, 3.63) is 29.8 Å². The summed E-state index contributed by atoms with van der Waals surface area (Å²) >= 11 is 0. The van der Waals surface area contributed by atoms with Crippen molar-refractivity contribution in [2.24, 2.45) is 0 Å². The SMILES string of the molecule is CC[NH2+]Cc1ccc(OCC(=O)NC(C)(C)C)cc1. The van der Waals surface area contributed by atoms with Gasteiger partial charge in [0.1, 0.15) is 12.3 Å². The number of carbonyl (C=O) groups excluding carboxylic acids is 1. The number of benzene rings is 1. The Hall–Kier alpha value is -1.55. The summed E-state index contributed by atoms with van der Waals surface area (Å²) in [6.07, 6.45) is 0. The molecule has 0 aromatic heterocycles. The molecule has 0 aliphatic heterocycles. The number of carbonyl (C=O) groups is 1. The molecule has 1 aromatic carbocycles. The number of amides is 1. The molecule has 0 spiro atoms. The Morgan fingerprint density at radius 3 is 2.42 bits per heavy atom. The smallest absolute Gasteiger partial charge is 0.258 e. The lowest BCUT2D eigenvalue weighted by Crippen LogP contribution is -2.81. The van der Waals surface area contributed by atoms with Crippen LogP contribution in [0.2, 0.25) is 0 Å². The molecule has 0 saturated heterocycles. The predicted octanol–water partition coefficient (Wildman–Crippen LogP) is 1.06. The minimum absolute atomic E-state index is 0.0533. The zero-order chi connectivity index (χ0) is 14.3. The standard InChI is InChI=1S/C15H24N2O2/c1-5-16-10-12-6-8-13(9-7-12)19-11-14(18)17-15(2,3)4/h6-9,16H,5,10-11H2,1-4H3,(H,17,18)/p+1. The van der Waals surface area contributed by atoms with Gasteiger partial charge in [-0.05, 0) is 52.0 Å². The highest BCUT2D eigenvalue weighted by molar-refractivity contribution is 5.78. The van der Waals surface area contributed by atoms with E-state index in [4.69, 9.17) is 4.74 Å². The molecule has 1 aromatic rings. The molecule has 0 aliphatic carbocycles. The Morgan fingerprint density at radius 2 is 1.89 bits per heavy atom. The van der Waals surface area contributed by atoms with Gasteiger partial charge in [0.15, 0.2) is 6.61 Å². The van der Waals surface area contributed by atoms with E-state index in [2.05, 4.69) is 17.6 Å². The zero-order valence-electron chi connectivity index (χ0n) is 12.3. The Labute approximate surface area is 115 Å². The van der Waals surface area contributed by atoms with E-state index in [1.165, 1.54) is 5.56 Å². The lowest BCUT2D eigenvalue weighted by Gasteiger charge is -2.20. The van der Waals surface area contributed by atoms with Crippen molar-refractivity contribution in [3.63, 3.8) is 0 Å². The molecule has 3 N–H and O–H groups in total. The Balaban J connectivity index is 2.39. The summed E-state index contributed by atoms with van der Waals surface area (Å²) in [5.74, 6) is 0.625. The first-order chi connectivity index (χ1) is 8.90. The van der Waals surface area contributed by atoms with Crippen molar-refractivity contribution in [2.45, 2.75) is 39.8 Å². The van der Waals surface area contributed by atoms with Gasteiger partial charge in [-0.2, -0.15) is 0 Å². The van der Waals surface area contributed by atoms with E-state index in [1.54, 1.807) is 0 Å². The fraction of sp³-hybridized carbons (Fsp3) is 0.533. The van der Waals surface area contributed by atoms with Crippen molar-refractivity contribution in [1.29, 1.82) is 0 Å². The van der Waals surface area contributed by atoms with Gasteiger partial charge >= 0.3 is 0 Å². The number of nitrogens with one attached hydrogen (secondary N) is 1. The first kappa shape index (κ1) is 15.5. The Morgan fingerprint density at radius 1 is 1.26 bits per heavy atom. The van der Waals surface area contributed by atoms with Crippen molar-refractivity contribution in [1.82, 2.24) is 5.32 Å². The molecule has 19 heavy (non-hydrogen) atoms. The Bertz CT molecular complexity index is 394. The molecule has 0 fully saturated rings. The second-order valence-electron chi connectivity index (χ2n) is 5.63. The van der Waals surface area contributed by atoms with Crippen LogP contribution in [0.15, 0.2) is 24.3 Å². The Kier molecular flexibility index (Phi) is 5.83. The molecule has 106 valence electrons. The van der Waals surface area contributed by atoms with Crippen LogP contribution >= 0.6 is 0 Å². The van der Waals surface area contributed by atoms with E-state index < -0.39 is 0 Å². The fourth-order valence-corrected chi connectivity index (χ4v) is 1.64.